The van der Waals surface area contributed by atoms with E-state index in [1.54, 1.807) is 0 Å². The molecule has 16 aliphatic rings. The van der Waals surface area contributed by atoms with Crippen LogP contribution in [0.1, 0.15) is 297 Å². The lowest BCUT2D eigenvalue weighted by atomic mass is 9.53. The van der Waals surface area contributed by atoms with Gasteiger partial charge < -0.3 is 53.2 Å². The van der Waals surface area contributed by atoms with Gasteiger partial charge in [0.25, 0.3) is 0 Å². The SMILES string of the molecule is CC[C@@H]1C(=O)/C(=C\O)C[C@]2(C)c3nn(C)cc3CC[C@@H]12.CC[C@@H]1C(=O)CC[C@]2(C)c3nn(C)cc3CC[C@@H]12.CC[C@H]1[C@@H]2CC/C(=C\O)C(=O)[C@@]2(C)CCC12OCCO2.CC[C@H]1[C@@H]2CCCC(=O)[C@@]2(C)CCC12OCCO2.CC[C@H]1[C@@H]2CCC[C@H](O)[C@@]2(C)CCC12OCCO2.CC[C@H]1[C@@H]2CCc3cn(C)nc3[C@@]2(C)CCC12OCCO2. The number of nitrogens with zero attached hydrogens (tertiary/aromatic N) is 6. The summed E-state index contributed by atoms with van der Waals surface area (Å²) in [5.41, 5.74) is 8.84. The van der Waals surface area contributed by atoms with Gasteiger partial charge in [-0.1, -0.05) is 89.5 Å². The highest BCUT2D eigenvalue weighted by molar-refractivity contribution is 6.00. The number of hydrogen-bond donors (Lipinski definition) is 3. The second-order valence-corrected chi connectivity index (χ2v) is 39.4. The average Bonchev–Trinajstić information content (AvgIpc) is 1.59. The molecule has 21 nitrogen and oxygen atoms in total. The largest absolute Gasteiger partial charge is 0.515 e. The third-order valence-corrected chi connectivity index (χ3v) is 34.0. The molecule has 21 heteroatoms. The topological polar surface area (TPSA) is 256 Å². The van der Waals surface area contributed by atoms with Crippen LogP contribution < -0.4 is 0 Å². The molecule has 640 valence electrons. The number of aliphatic hydroxyl groups excluding tert-OH is 3. The Labute approximate surface area is 686 Å². The lowest BCUT2D eigenvalue weighted by molar-refractivity contribution is -0.263. The summed E-state index contributed by atoms with van der Waals surface area (Å²) in [5, 5.41) is 43.3. The molecule has 3 N–H and O–H groups in total. The maximum absolute atomic E-state index is 12.7. The summed E-state index contributed by atoms with van der Waals surface area (Å²) in [6, 6.07) is 0. The monoisotopic (exact) mass is 1600 g/mol. The molecule has 19 rings (SSSR count). The van der Waals surface area contributed by atoms with E-state index >= 15 is 0 Å². The van der Waals surface area contributed by atoms with Gasteiger partial charge in [0.1, 0.15) is 11.6 Å². The van der Waals surface area contributed by atoms with E-state index in [0.717, 1.165) is 218 Å². The molecule has 4 aliphatic heterocycles. The smallest absolute Gasteiger partial charge is 0.171 e. The summed E-state index contributed by atoms with van der Waals surface area (Å²) in [7, 11) is 5.99. The first-order valence-electron chi connectivity index (χ1n) is 45.7. The van der Waals surface area contributed by atoms with Gasteiger partial charge in [-0.3, -0.25) is 33.2 Å². The van der Waals surface area contributed by atoms with Crippen LogP contribution in [0.25, 0.3) is 0 Å². The molecule has 3 aromatic rings. The van der Waals surface area contributed by atoms with Crippen molar-refractivity contribution >= 4 is 23.1 Å². The van der Waals surface area contributed by atoms with Gasteiger partial charge in [-0.2, -0.15) is 15.3 Å². The molecule has 0 radical (unpaired) electrons. The number of aliphatic hydroxyl groups is 3. The molecule has 7 heterocycles. The number of hydrogen-bond acceptors (Lipinski definition) is 18. The van der Waals surface area contributed by atoms with E-state index in [0.29, 0.717) is 109 Å². The van der Waals surface area contributed by atoms with Crippen LogP contribution in [-0.2, 0) is 114 Å². The highest BCUT2D eigenvalue weighted by atomic mass is 16.8. The minimum absolute atomic E-state index is 0.0160. The Kier molecular flexibility index (Phi) is 25.4. The molecule has 19 atom stereocenters. The molecule has 0 amide bonds. The predicted molar refractivity (Wildman–Crippen MR) is 438 cm³/mol. The van der Waals surface area contributed by atoms with Crippen molar-refractivity contribution < 1.29 is 72.4 Å². The number of ketones is 4. The molecule has 0 unspecified atom stereocenters. The minimum Gasteiger partial charge on any atom is -0.515 e. The Bertz CT molecular complexity index is 4010. The van der Waals surface area contributed by atoms with Crippen molar-refractivity contribution in [3.8, 4) is 0 Å². The summed E-state index contributed by atoms with van der Waals surface area (Å²) < 4.78 is 54.0. The van der Waals surface area contributed by atoms with Gasteiger partial charge in [0.15, 0.2) is 34.7 Å². The Hall–Kier alpha value is -4.97. The zero-order valence-corrected chi connectivity index (χ0v) is 72.9. The number of fused-ring (bicyclic) bond motifs is 12. The van der Waals surface area contributed by atoms with Gasteiger partial charge in [0, 0.05) is 152 Å². The summed E-state index contributed by atoms with van der Waals surface area (Å²) in [5.74, 6) is 4.43. The second kappa shape index (κ2) is 33.8. The Morgan fingerprint density at radius 2 is 0.765 bits per heavy atom. The maximum Gasteiger partial charge on any atom is 0.171 e. The average molecular weight is 1600 g/mol. The van der Waals surface area contributed by atoms with Crippen molar-refractivity contribution in [1.82, 2.24) is 29.3 Å². The van der Waals surface area contributed by atoms with E-state index in [4.69, 9.17) is 48.1 Å². The first-order valence-corrected chi connectivity index (χ1v) is 45.7. The summed E-state index contributed by atoms with van der Waals surface area (Å²) in [6.07, 6.45) is 38.9. The molecule has 9 saturated carbocycles. The number of rotatable bonds is 6. The summed E-state index contributed by atoms with van der Waals surface area (Å²) in [6.45, 7) is 32.4. The zero-order valence-electron chi connectivity index (χ0n) is 72.9. The van der Waals surface area contributed by atoms with Gasteiger partial charge in [-0.25, -0.2) is 0 Å². The van der Waals surface area contributed by atoms with Crippen molar-refractivity contribution in [3.05, 3.63) is 76.0 Å². The molecule has 12 aliphatic carbocycles. The van der Waals surface area contributed by atoms with Crippen LogP contribution in [-0.4, -0.2) is 150 Å². The van der Waals surface area contributed by atoms with Gasteiger partial charge in [-0.05, 0) is 212 Å². The van der Waals surface area contributed by atoms with Crippen molar-refractivity contribution in [2.75, 3.05) is 52.9 Å². The Morgan fingerprint density at radius 1 is 0.391 bits per heavy atom. The van der Waals surface area contributed by atoms with Crippen LogP contribution in [0.3, 0.4) is 0 Å². The van der Waals surface area contributed by atoms with Gasteiger partial charge in [0.05, 0.1) is 88.6 Å². The van der Waals surface area contributed by atoms with Crippen LogP contribution in [0.4, 0.5) is 0 Å². The van der Waals surface area contributed by atoms with Gasteiger partial charge >= 0.3 is 0 Å². The number of carbonyl (C=O) groups is 4. The second-order valence-electron chi connectivity index (χ2n) is 39.4. The predicted octanol–water partition coefficient (Wildman–Crippen LogP) is 16.7. The van der Waals surface area contributed by atoms with Crippen molar-refractivity contribution in [2.45, 2.75) is 328 Å². The number of allylic oxidation sites excluding steroid dienone is 2. The lowest BCUT2D eigenvalue weighted by Crippen LogP contribution is -2.57. The molecule has 4 saturated heterocycles. The van der Waals surface area contributed by atoms with Crippen molar-refractivity contribution in [1.29, 1.82) is 0 Å². The normalized spacial score (nSPS) is 39.9. The molecular formula is C94H144N6O15. The summed E-state index contributed by atoms with van der Waals surface area (Å²) in [4.78, 5) is 49.6. The quantitative estimate of drug-likeness (QED) is 0.153. The maximum atomic E-state index is 12.7. The fourth-order valence-corrected chi connectivity index (χ4v) is 28.0. The molecular weight excluding hydrogens is 1450 g/mol. The number of Topliss-reactive ketones (excluding diaryl/α,β-unsaturated/α-hetero) is 4. The third kappa shape index (κ3) is 14.8. The van der Waals surface area contributed by atoms with E-state index in [2.05, 4.69) is 107 Å². The fourth-order valence-electron chi connectivity index (χ4n) is 28.0. The lowest BCUT2D eigenvalue weighted by Gasteiger charge is -2.56. The highest BCUT2D eigenvalue weighted by Gasteiger charge is 2.65. The zero-order chi connectivity index (χ0) is 82.1. The molecule has 3 aromatic heterocycles. The van der Waals surface area contributed by atoms with E-state index in [1.807, 2.05) is 35.2 Å². The first kappa shape index (κ1) is 86.4. The molecule has 13 fully saturated rings. The van der Waals surface area contributed by atoms with Crippen molar-refractivity contribution in [3.63, 3.8) is 0 Å². The fraction of sp³-hybridized carbons (Fsp3) is 0.819. The summed E-state index contributed by atoms with van der Waals surface area (Å²) >= 11 is 0. The standard InChI is InChI=1S/C17H26N2O2.C16H22N2O2.C16H24O4.C15H22N2O.C15H26O3.C15H24O3/c1-4-13-14-6-5-12-11-19(3)18-15(12)16(14,2)7-8-17(13)20-9-10-21-17;1-4-12-13-6-5-10-8-18(3)17-15(10)16(13,2)7-11(9-19)14(12)20;1-3-12-13-5-4-11(10-17)14(18)15(13,2)6-7-16(12)19-8-9-20-16;1-4-11-12-6-5-10-9-17(3)16-14(10)15(12,2)8-7-13(11)18;2*1-3-11-12-5-4-6-13(16)14(12,2)7-8-15(11)17-9-10-18-15/h11,13-14H,4-10H2,1-3H3;8-9,12-13,19H,4-7H2,1-3H3;10,12-13,17H,3-9H2,1-2H3;9,11-12H,4-8H2,1-3H3;11-13,16H,3-10H2,1-2H3;11-12H,3-10H2,1-2H3/b;11-9-;11-10+;;;/t13-,14-,16-;12-,13-,16-;12-,13-,15-;11-,12-,15-;11-,12-,13-,14-;11-,12-,14-/m000000/s1. The van der Waals surface area contributed by atoms with Crippen LogP contribution in [0.5, 0.6) is 0 Å². The Balaban J connectivity index is 0.000000114. The van der Waals surface area contributed by atoms with Gasteiger partial charge in [0.2, 0.25) is 0 Å². The molecule has 0 bridgehead atoms. The van der Waals surface area contributed by atoms with Crippen LogP contribution in [0.2, 0.25) is 0 Å². The number of carbonyl (C=O) groups excluding carboxylic acids is 4. The number of ether oxygens (including phenoxy) is 8. The first-order chi connectivity index (χ1) is 55.0. The van der Waals surface area contributed by atoms with E-state index < -0.39 is 5.79 Å². The van der Waals surface area contributed by atoms with Crippen LogP contribution >= 0.6 is 0 Å². The number of aryl methyl sites for hydroxylation is 6. The van der Waals surface area contributed by atoms with E-state index in [-0.39, 0.29) is 91.2 Å². The molecule has 0 aromatic carbocycles. The highest BCUT2D eigenvalue weighted by Crippen LogP contribution is 2.63. The van der Waals surface area contributed by atoms with Crippen molar-refractivity contribution in [2.24, 2.45) is 108 Å². The van der Waals surface area contributed by atoms with E-state index in [1.165, 1.54) is 40.9 Å². The third-order valence-electron chi connectivity index (χ3n) is 34.0. The van der Waals surface area contributed by atoms with Gasteiger partial charge in [-0.15, -0.1) is 0 Å². The molecule has 4 spiro atoms. The Morgan fingerprint density at radius 3 is 1.22 bits per heavy atom. The molecule has 115 heavy (non-hydrogen) atoms. The van der Waals surface area contributed by atoms with E-state index in [9.17, 15) is 34.5 Å². The van der Waals surface area contributed by atoms with Crippen LogP contribution in [0.15, 0.2) is 42.3 Å². The minimum atomic E-state index is -0.459. The number of aromatic nitrogens is 6. The van der Waals surface area contributed by atoms with Crippen LogP contribution in [0, 0.1) is 87.3 Å².